The number of thiophene rings is 1. The van der Waals surface area contributed by atoms with Crippen LogP contribution in [-0.4, -0.2) is 42.9 Å². The van der Waals surface area contributed by atoms with Crippen molar-refractivity contribution in [3.05, 3.63) is 21.9 Å². The first-order valence-electron chi connectivity index (χ1n) is 6.55. The molecule has 106 valence electrons. The minimum Gasteiger partial charge on any atom is -0.342 e. The van der Waals surface area contributed by atoms with E-state index in [0.717, 1.165) is 25.9 Å². The van der Waals surface area contributed by atoms with E-state index in [-0.39, 0.29) is 24.9 Å². The molecule has 0 radical (unpaired) electrons. The molecule has 2 rings (SSSR count). The largest absolute Gasteiger partial charge is 0.342 e. The summed E-state index contributed by atoms with van der Waals surface area (Å²) in [7, 11) is 0. The Morgan fingerprint density at radius 2 is 2.15 bits per heavy atom. The summed E-state index contributed by atoms with van der Waals surface area (Å²) in [6.45, 7) is 1.88. The molecule has 1 aromatic rings. The van der Waals surface area contributed by atoms with E-state index in [1.807, 2.05) is 0 Å². The van der Waals surface area contributed by atoms with Gasteiger partial charge >= 0.3 is 0 Å². The second-order valence-corrected chi connectivity index (χ2v) is 5.36. The molecule has 1 aromatic heterocycles. The number of likely N-dealkylation sites (tertiary alicyclic amines) is 1. The zero-order valence-electron chi connectivity index (χ0n) is 11.1. The second-order valence-electron chi connectivity index (χ2n) is 4.44. The predicted octanol–water partition coefficient (Wildman–Crippen LogP) is 0.410. The van der Waals surface area contributed by atoms with Crippen LogP contribution in [0.4, 0.5) is 0 Å². The molecule has 1 saturated heterocycles. The van der Waals surface area contributed by atoms with Crippen LogP contribution in [0.1, 0.15) is 28.1 Å². The van der Waals surface area contributed by atoms with Crippen LogP contribution < -0.4 is 11.1 Å². The van der Waals surface area contributed by atoms with Crippen LogP contribution in [0.2, 0.25) is 0 Å². The Bertz CT molecular complexity index is 550. The van der Waals surface area contributed by atoms with Gasteiger partial charge in [-0.05, 0) is 24.3 Å². The molecular formula is C14H17N3O2S. The summed E-state index contributed by atoms with van der Waals surface area (Å²) in [5.41, 5.74) is 5.98. The van der Waals surface area contributed by atoms with Crippen molar-refractivity contribution in [2.75, 3.05) is 26.2 Å². The number of rotatable bonds is 3. The maximum absolute atomic E-state index is 12.0. The number of carbonyl (C=O) groups excluding carboxylic acids is 2. The molecule has 20 heavy (non-hydrogen) atoms. The molecule has 1 fully saturated rings. The van der Waals surface area contributed by atoms with Crippen LogP contribution in [-0.2, 0) is 4.79 Å². The zero-order valence-corrected chi connectivity index (χ0v) is 12.0. The topological polar surface area (TPSA) is 75.4 Å². The highest BCUT2D eigenvalue weighted by Crippen LogP contribution is 2.15. The predicted molar refractivity (Wildman–Crippen MR) is 78.4 cm³/mol. The zero-order chi connectivity index (χ0) is 14.4. The van der Waals surface area contributed by atoms with Gasteiger partial charge < -0.3 is 16.0 Å². The molecule has 0 aliphatic carbocycles. The molecule has 6 heteroatoms. The third-order valence-corrected chi connectivity index (χ3v) is 3.97. The number of nitrogens with two attached hydrogens (primary N) is 1. The van der Waals surface area contributed by atoms with Crippen LogP contribution in [0.3, 0.4) is 0 Å². The molecular weight excluding hydrogens is 274 g/mol. The van der Waals surface area contributed by atoms with E-state index in [4.69, 9.17) is 5.73 Å². The first kappa shape index (κ1) is 14.6. The van der Waals surface area contributed by atoms with Gasteiger partial charge in [0.15, 0.2) is 0 Å². The van der Waals surface area contributed by atoms with Gasteiger partial charge in [0.2, 0.25) is 5.91 Å². The maximum atomic E-state index is 12.0. The number of hydrogen-bond acceptors (Lipinski definition) is 4. The summed E-state index contributed by atoms with van der Waals surface area (Å²) in [6, 6.07) is 1.78. The highest BCUT2D eigenvalue weighted by atomic mass is 32.1. The molecule has 3 N–H and O–H groups in total. The lowest BCUT2D eigenvalue weighted by molar-refractivity contribution is -0.129. The van der Waals surface area contributed by atoms with Crippen molar-refractivity contribution < 1.29 is 9.59 Å². The van der Waals surface area contributed by atoms with E-state index < -0.39 is 0 Å². The number of carbonyl (C=O) groups is 2. The molecule has 0 bridgehead atoms. The first-order valence-corrected chi connectivity index (χ1v) is 7.42. The van der Waals surface area contributed by atoms with E-state index >= 15 is 0 Å². The molecule has 1 aliphatic heterocycles. The van der Waals surface area contributed by atoms with Gasteiger partial charge in [-0.15, -0.1) is 11.3 Å². The van der Waals surface area contributed by atoms with Crippen molar-refractivity contribution in [2.24, 2.45) is 5.73 Å². The molecule has 0 atom stereocenters. The number of nitrogens with zero attached hydrogens (tertiary/aromatic N) is 1. The molecule has 2 heterocycles. The fraction of sp³-hybridized carbons (Fsp3) is 0.429. The van der Waals surface area contributed by atoms with Crippen molar-refractivity contribution in [1.82, 2.24) is 10.2 Å². The Kier molecular flexibility index (Phi) is 5.16. The minimum absolute atomic E-state index is 0.0259. The third kappa shape index (κ3) is 3.59. The maximum Gasteiger partial charge on any atom is 0.263 e. The van der Waals surface area contributed by atoms with E-state index in [0.29, 0.717) is 10.4 Å². The standard InChI is InChI=1S/C14H17N3O2S/c15-6-3-4-11-5-9-20-13(11)14(19)16-10-12(18)17-7-1-2-8-17/h5,9H,1-2,6-8,10,15H2,(H,16,19). The fourth-order valence-electron chi connectivity index (χ4n) is 2.04. The highest BCUT2D eigenvalue weighted by molar-refractivity contribution is 7.12. The summed E-state index contributed by atoms with van der Waals surface area (Å²) >= 11 is 1.31. The van der Waals surface area contributed by atoms with E-state index in [1.54, 1.807) is 16.3 Å². The fourth-order valence-corrected chi connectivity index (χ4v) is 2.81. The summed E-state index contributed by atoms with van der Waals surface area (Å²) in [5.74, 6) is 5.30. The van der Waals surface area contributed by atoms with E-state index in [2.05, 4.69) is 17.2 Å². The van der Waals surface area contributed by atoms with Crippen LogP contribution in [0.15, 0.2) is 11.4 Å². The Morgan fingerprint density at radius 3 is 2.85 bits per heavy atom. The van der Waals surface area contributed by atoms with Gasteiger partial charge in [0.25, 0.3) is 5.91 Å². The van der Waals surface area contributed by atoms with Crippen molar-refractivity contribution in [1.29, 1.82) is 0 Å². The van der Waals surface area contributed by atoms with Crippen LogP contribution >= 0.6 is 11.3 Å². The van der Waals surface area contributed by atoms with Crippen LogP contribution in [0.25, 0.3) is 0 Å². The summed E-state index contributed by atoms with van der Waals surface area (Å²) in [6.07, 6.45) is 2.09. The van der Waals surface area contributed by atoms with Crippen molar-refractivity contribution in [2.45, 2.75) is 12.8 Å². The lowest BCUT2D eigenvalue weighted by Crippen LogP contribution is -2.38. The van der Waals surface area contributed by atoms with Gasteiger partial charge in [-0.25, -0.2) is 0 Å². The molecule has 0 saturated carbocycles. The van der Waals surface area contributed by atoms with Gasteiger partial charge in [0, 0.05) is 18.7 Å². The average Bonchev–Trinajstić information content (AvgIpc) is 3.12. The lowest BCUT2D eigenvalue weighted by atomic mass is 10.2. The summed E-state index contributed by atoms with van der Waals surface area (Å²) in [5, 5.41) is 4.46. The van der Waals surface area contributed by atoms with Gasteiger partial charge in [-0.3, -0.25) is 9.59 Å². The number of hydrogen-bond donors (Lipinski definition) is 2. The molecule has 5 nitrogen and oxygen atoms in total. The third-order valence-electron chi connectivity index (χ3n) is 3.06. The van der Waals surface area contributed by atoms with Gasteiger partial charge in [0.05, 0.1) is 13.1 Å². The SMILES string of the molecule is NCC#Cc1ccsc1C(=O)NCC(=O)N1CCCC1. The monoisotopic (exact) mass is 291 g/mol. The van der Waals surface area contributed by atoms with E-state index in [9.17, 15) is 9.59 Å². The highest BCUT2D eigenvalue weighted by Gasteiger charge is 2.19. The molecule has 2 amide bonds. The molecule has 0 unspecified atom stereocenters. The Balaban J connectivity index is 1.91. The summed E-state index contributed by atoms with van der Waals surface area (Å²) < 4.78 is 0. The molecule has 0 spiro atoms. The van der Waals surface area contributed by atoms with Crippen molar-refractivity contribution >= 4 is 23.2 Å². The van der Waals surface area contributed by atoms with Gasteiger partial charge in [0.1, 0.15) is 4.88 Å². The Hall–Kier alpha value is -1.84. The quantitative estimate of drug-likeness (QED) is 0.792. The van der Waals surface area contributed by atoms with Crippen LogP contribution in [0.5, 0.6) is 0 Å². The van der Waals surface area contributed by atoms with Gasteiger partial charge in [-0.1, -0.05) is 11.8 Å². The van der Waals surface area contributed by atoms with Crippen molar-refractivity contribution in [3.8, 4) is 11.8 Å². The number of nitrogens with one attached hydrogen (secondary N) is 1. The van der Waals surface area contributed by atoms with E-state index in [1.165, 1.54) is 11.3 Å². The Morgan fingerprint density at radius 1 is 1.40 bits per heavy atom. The molecule has 1 aliphatic rings. The minimum atomic E-state index is -0.256. The normalized spacial score (nSPS) is 13.8. The molecule has 0 aromatic carbocycles. The average molecular weight is 291 g/mol. The van der Waals surface area contributed by atoms with Crippen molar-refractivity contribution in [3.63, 3.8) is 0 Å². The second kappa shape index (κ2) is 7.08. The summed E-state index contributed by atoms with van der Waals surface area (Å²) in [4.78, 5) is 26.2. The lowest BCUT2D eigenvalue weighted by Gasteiger charge is -2.15. The van der Waals surface area contributed by atoms with Gasteiger partial charge in [-0.2, -0.15) is 0 Å². The number of amides is 2. The van der Waals surface area contributed by atoms with Crippen LogP contribution in [0, 0.1) is 11.8 Å². The Labute approximate surface area is 122 Å². The smallest absolute Gasteiger partial charge is 0.263 e. The first-order chi connectivity index (χ1) is 9.72.